The number of benzene rings is 1. The maximum Gasteiger partial charge on any atom is 0.119 e. The Morgan fingerprint density at radius 2 is 1.94 bits per heavy atom. The predicted octanol–water partition coefficient (Wildman–Crippen LogP) is 2.79. The minimum Gasteiger partial charge on any atom is -0.497 e. The average Bonchev–Trinajstić information content (AvgIpc) is 2.35. The molecular formula is C14H22O3. The van der Waals surface area contributed by atoms with Crippen LogP contribution >= 0.6 is 0 Å². The molecule has 0 saturated heterocycles. The molecule has 0 saturated carbocycles. The number of rotatable bonds is 6. The Balaban J connectivity index is 2.54. The Hall–Kier alpha value is -1.06. The molecule has 3 heteroatoms. The minimum absolute atomic E-state index is 0.148. The first-order valence-corrected chi connectivity index (χ1v) is 5.98. The molecule has 1 aromatic carbocycles. The molecule has 0 aliphatic carbocycles. The minimum atomic E-state index is -0.605. The van der Waals surface area contributed by atoms with Crippen LogP contribution in [0.3, 0.4) is 0 Å². The van der Waals surface area contributed by atoms with Gasteiger partial charge in [-0.3, -0.25) is 0 Å². The predicted molar refractivity (Wildman–Crippen MR) is 68.2 cm³/mol. The molecule has 2 atom stereocenters. The molecule has 0 aliphatic heterocycles. The summed E-state index contributed by atoms with van der Waals surface area (Å²) in [5.74, 6) is 1.20. The fraction of sp³-hybridized carbons (Fsp3) is 0.571. The van der Waals surface area contributed by atoms with Gasteiger partial charge in [-0.15, -0.1) is 0 Å². The molecule has 17 heavy (non-hydrogen) atoms. The van der Waals surface area contributed by atoms with Crippen LogP contribution in [0.1, 0.15) is 32.4 Å². The molecule has 1 rings (SSSR count). The van der Waals surface area contributed by atoms with Crippen LogP contribution in [0.15, 0.2) is 24.3 Å². The number of hydrogen-bond acceptors (Lipinski definition) is 3. The molecule has 0 amide bonds. The SMILES string of the molecule is COc1cccc(C(O)COC(C)C(C)C)c1. The van der Waals surface area contributed by atoms with Crippen LogP contribution in [-0.2, 0) is 4.74 Å². The molecule has 0 bridgehead atoms. The van der Waals surface area contributed by atoms with E-state index in [9.17, 15) is 5.11 Å². The van der Waals surface area contributed by atoms with Gasteiger partial charge in [0.15, 0.2) is 0 Å². The van der Waals surface area contributed by atoms with Crippen LogP contribution in [0.25, 0.3) is 0 Å². The second-order valence-corrected chi connectivity index (χ2v) is 4.57. The van der Waals surface area contributed by atoms with Gasteiger partial charge in [0.25, 0.3) is 0 Å². The maximum atomic E-state index is 9.99. The Bertz CT molecular complexity index is 336. The van der Waals surface area contributed by atoms with Gasteiger partial charge in [-0.05, 0) is 30.5 Å². The molecular weight excluding hydrogens is 216 g/mol. The van der Waals surface area contributed by atoms with Gasteiger partial charge < -0.3 is 14.6 Å². The summed E-state index contributed by atoms with van der Waals surface area (Å²) < 4.78 is 10.7. The van der Waals surface area contributed by atoms with E-state index >= 15 is 0 Å². The first-order chi connectivity index (χ1) is 8.04. The molecule has 1 aromatic rings. The van der Waals surface area contributed by atoms with Crippen molar-refractivity contribution in [2.75, 3.05) is 13.7 Å². The van der Waals surface area contributed by atoms with Crippen LogP contribution in [0.2, 0.25) is 0 Å². The standard InChI is InChI=1S/C14H22O3/c1-10(2)11(3)17-9-14(15)12-6-5-7-13(8-12)16-4/h5-8,10-11,14-15H,9H2,1-4H3. The van der Waals surface area contributed by atoms with Gasteiger partial charge in [0.2, 0.25) is 0 Å². The Labute approximate surface area is 103 Å². The molecule has 0 radical (unpaired) electrons. The Morgan fingerprint density at radius 3 is 2.53 bits per heavy atom. The Kier molecular flexibility index (Phi) is 5.45. The highest BCUT2D eigenvalue weighted by Crippen LogP contribution is 2.20. The highest BCUT2D eigenvalue weighted by molar-refractivity contribution is 5.29. The van der Waals surface area contributed by atoms with E-state index in [-0.39, 0.29) is 6.10 Å². The molecule has 3 nitrogen and oxygen atoms in total. The Morgan fingerprint density at radius 1 is 1.24 bits per heavy atom. The summed E-state index contributed by atoms with van der Waals surface area (Å²) in [6.07, 6.45) is -0.457. The largest absolute Gasteiger partial charge is 0.497 e. The van der Waals surface area contributed by atoms with Gasteiger partial charge >= 0.3 is 0 Å². The molecule has 2 unspecified atom stereocenters. The van der Waals surface area contributed by atoms with Crippen molar-refractivity contribution < 1.29 is 14.6 Å². The summed E-state index contributed by atoms with van der Waals surface area (Å²) in [7, 11) is 1.61. The van der Waals surface area contributed by atoms with Gasteiger partial charge in [-0.25, -0.2) is 0 Å². The third kappa shape index (κ3) is 4.36. The second-order valence-electron chi connectivity index (χ2n) is 4.57. The van der Waals surface area contributed by atoms with Crippen molar-refractivity contribution >= 4 is 0 Å². The zero-order valence-corrected chi connectivity index (χ0v) is 11.0. The van der Waals surface area contributed by atoms with E-state index in [1.54, 1.807) is 7.11 Å². The third-order valence-corrected chi connectivity index (χ3v) is 2.93. The van der Waals surface area contributed by atoms with E-state index < -0.39 is 6.10 Å². The van der Waals surface area contributed by atoms with E-state index in [0.717, 1.165) is 11.3 Å². The summed E-state index contributed by atoms with van der Waals surface area (Å²) in [5.41, 5.74) is 0.820. The van der Waals surface area contributed by atoms with Gasteiger partial charge in [-0.2, -0.15) is 0 Å². The lowest BCUT2D eigenvalue weighted by Gasteiger charge is -2.19. The van der Waals surface area contributed by atoms with E-state index in [1.807, 2.05) is 31.2 Å². The van der Waals surface area contributed by atoms with Crippen molar-refractivity contribution in [3.05, 3.63) is 29.8 Å². The van der Waals surface area contributed by atoms with Crippen LogP contribution in [0, 0.1) is 5.92 Å². The van der Waals surface area contributed by atoms with E-state index in [1.165, 1.54) is 0 Å². The molecule has 0 spiro atoms. The van der Waals surface area contributed by atoms with Crippen molar-refractivity contribution in [2.45, 2.75) is 33.0 Å². The zero-order chi connectivity index (χ0) is 12.8. The van der Waals surface area contributed by atoms with Gasteiger partial charge in [0.1, 0.15) is 11.9 Å². The van der Waals surface area contributed by atoms with Crippen molar-refractivity contribution in [2.24, 2.45) is 5.92 Å². The number of methoxy groups -OCH3 is 1. The monoisotopic (exact) mass is 238 g/mol. The van der Waals surface area contributed by atoms with Crippen LogP contribution in [-0.4, -0.2) is 24.9 Å². The zero-order valence-electron chi connectivity index (χ0n) is 11.0. The van der Waals surface area contributed by atoms with E-state index in [2.05, 4.69) is 13.8 Å². The number of ether oxygens (including phenoxy) is 2. The van der Waals surface area contributed by atoms with Crippen molar-refractivity contribution in [1.29, 1.82) is 0 Å². The highest BCUT2D eigenvalue weighted by Gasteiger charge is 2.13. The smallest absolute Gasteiger partial charge is 0.119 e. The van der Waals surface area contributed by atoms with E-state index in [0.29, 0.717) is 12.5 Å². The van der Waals surface area contributed by atoms with Crippen LogP contribution < -0.4 is 4.74 Å². The summed E-state index contributed by atoms with van der Waals surface area (Å²) in [6.45, 7) is 6.53. The maximum absolute atomic E-state index is 9.99. The number of hydrogen-bond donors (Lipinski definition) is 1. The second kappa shape index (κ2) is 6.62. The fourth-order valence-electron chi connectivity index (χ4n) is 1.38. The van der Waals surface area contributed by atoms with Crippen LogP contribution in [0.4, 0.5) is 0 Å². The lowest BCUT2D eigenvalue weighted by molar-refractivity contribution is -0.0207. The molecule has 0 aliphatic rings. The molecule has 0 aromatic heterocycles. The summed E-state index contributed by atoms with van der Waals surface area (Å²) in [4.78, 5) is 0. The summed E-state index contributed by atoms with van der Waals surface area (Å²) in [5, 5.41) is 9.99. The van der Waals surface area contributed by atoms with Gasteiger partial charge in [-0.1, -0.05) is 26.0 Å². The van der Waals surface area contributed by atoms with E-state index in [4.69, 9.17) is 9.47 Å². The van der Waals surface area contributed by atoms with Crippen molar-refractivity contribution in [3.8, 4) is 5.75 Å². The molecule has 96 valence electrons. The third-order valence-electron chi connectivity index (χ3n) is 2.93. The summed E-state index contributed by atoms with van der Waals surface area (Å²) in [6, 6.07) is 7.42. The van der Waals surface area contributed by atoms with Gasteiger partial charge in [0.05, 0.1) is 19.8 Å². The molecule has 0 fully saturated rings. The summed E-state index contributed by atoms with van der Waals surface area (Å²) >= 11 is 0. The lowest BCUT2D eigenvalue weighted by atomic mass is 10.1. The van der Waals surface area contributed by atoms with Crippen LogP contribution in [0.5, 0.6) is 5.75 Å². The van der Waals surface area contributed by atoms with Gasteiger partial charge in [0, 0.05) is 0 Å². The first-order valence-electron chi connectivity index (χ1n) is 5.98. The molecule has 1 N–H and O–H groups in total. The number of aliphatic hydroxyl groups excluding tert-OH is 1. The average molecular weight is 238 g/mol. The lowest BCUT2D eigenvalue weighted by Crippen LogP contribution is -2.19. The number of aliphatic hydroxyl groups is 1. The molecule has 0 heterocycles. The first kappa shape index (κ1) is 14.0. The normalized spacial score (nSPS) is 14.7. The quantitative estimate of drug-likeness (QED) is 0.828. The topological polar surface area (TPSA) is 38.7 Å². The fourth-order valence-corrected chi connectivity index (χ4v) is 1.38. The highest BCUT2D eigenvalue weighted by atomic mass is 16.5. The van der Waals surface area contributed by atoms with Crippen molar-refractivity contribution in [3.63, 3.8) is 0 Å². The van der Waals surface area contributed by atoms with Crippen molar-refractivity contribution in [1.82, 2.24) is 0 Å².